The van der Waals surface area contributed by atoms with Gasteiger partial charge in [0.25, 0.3) is 5.91 Å². The molecule has 0 bridgehead atoms. The number of ketones is 2. The highest BCUT2D eigenvalue weighted by molar-refractivity contribution is 5.99. The molecule has 66 heavy (non-hydrogen) atoms. The molecular formula is C51H68N5O10+. The number of hydrogen-bond acceptors (Lipinski definition) is 10. The predicted octanol–water partition coefficient (Wildman–Crippen LogP) is 4.43. The summed E-state index contributed by atoms with van der Waals surface area (Å²) in [7, 11) is 0. The van der Waals surface area contributed by atoms with Crippen LogP contribution in [-0.4, -0.2) is 115 Å². The van der Waals surface area contributed by atoms with Crippen LogP contribution in [0.15, 0.2) is 78.9 Å². The zero-order valence-electron chi connectivity index (χ0n) is 39.5. The molecule has 0 unspecified atom stereocenters. The Kier molecular flexibility index (Phi) is 18.3. The van der Waals surface area contributed by atoms with Crippen LogP contribution in [0.25, 0.3) is 0 Å². The van der Waals surface area contributed by atoms with Crippen molar-refractivity contribution < 1.29 is 52.3 Å². The lowest BCUT2D eigenvalue weighted by atomic mass is 9.93. The lowest BCUT2D eigenvalue weighted by Crippen LogP contribution is -2.61. The minimum atomic E-state index is -1.09. The van der Waals surface area contributed by atoms with E-state index in [0.717, 1.165) is 16.7 Å². The van der Waals surface area contributed by atoms with Crippen LogP contribution in [0.3, 0.4) is 0 Å². The number of hydrogen-bond donors (Lipinski definition) is 4. The van der Waals surface area contributed by atoms with E-state index in [2.05, 4.69) is 21.3 Å². The van der Waals surface area contributed by atoms with Crippen LogP contribution in [-0.2, 0) is 57.6 Å². The molecule has 0 aliphatic carbocycles. The van der Waals surface area contributed by atoms with E-state index in [4.69, 9.17) is 14.2 Å². The van der Waals surface area contributed by atoms with Gasteiger partial charge in [-0.15, -0.1) is 0 Å². The maximum Gasteiger partial charge on any atom is 0.308 e. The Labute approximate surface area is 388 Å². The fourth-order valence-electron chi connectivity index (χ4n) is 8.35. The summed E-state index contributed by atoms with van der Waals surface area (Å²) in [5, 5.41) is 11.8. The van der Waals surface area contributed by atoms with Gasteiger partial charge in [0.1, 0.15) is 49.1 Å². The van der Waals surface area contributed by atoms with Crippen LogP contribution in [0.1, 0.15) is 94.8 Å². The SMILES string of the molecule is CC(=O)Oc1ccc(C[N+]2(CC(=O)N[C@@H](CCc3ccccc3)C(=O)N[C@@H](CC(C)C)C(=O)N[C@@H](Cc3ccccc3)C(=O)N[C@@H](CC(C)C)C(=O)[C@@]3(C)CO3)CCOCC2)cc1C(C)=O. The first-order valence-corrected chi connectivity index (χ1v) is 23.1. The van der Waals surface area contributed by atoms with Crippen molar-refractivity contribution in [1.29, 1.82) is 0 Å². The second kappa shape index (κ2) is 23.6. The van der Waals surface area contributed by atoms with Crippen molar-refractivity contribution in [3.05, 3.63) is 101 Å². The Morgan fingerprint density at radius 1 is 0.682 bits per heavy atom. The summed E-state index contributed by atoms with van der Waals surface area (Å²) in [5.74, 6) is -2.88. The minimum absolute atomic E-state index is 0.00263. The molecule has 0 spiro atoms. The zero-order chi connectivity index (χ0) is 48.0. The first-order chi connectivity index (χ1) is 31.3. The number of carbonyl (C=O) groups excluding carboxylic acids is 7. The molecule has 0 saturated carbocycles. The van der Waals surface area contributed by atoms with Crippen molar-refractivity contribution in [1.82, 2.24) is 21.3 Å². The molecule has 2 aliphatic rings. The van der Waals surface area contributed by atoms with Crippen molar-refractivity contribution in [2.75, 3.05) is 39.5 Å². The normalized spacial score (nSPS) is 18.3. The first kappa shape index (κ1) is 51.2. The number of esters is 1. The van der Waals surface area contributed by atoms with Crippen molar-refractivity contribution >= 4 is 41.2 Å². The molecule has 4 amide bonds. The zero-order valence-corrected chi connectivity index (χ0v) is 39.5. The van der Waals surface area contributed by atoms with Crippen LogP contribution in [0.4, 0.5) is 0 Å². The molecule has 5 rings (SSSR count). The molecule has 15 heteroatoms. The second-order valence-corrected chi connectivity index (χ2v) is 18.9. The molecule has 2 aliphatic heterocycles. The van der Waals surface area contributed by atoms with E-state index in [1.54, 1.807) is 25.1 Å². The smallest absolute Gasteiger partial charge is 0.308 e. The molecule has 4 N–H and O–H groups in total. The van der Waals surface area contributed by atoms with Crippen molar-refractivity contribution in [2.45, 2.75) is 117 Å². The molecule has 2 fully saturated rings. The Morgan fingerprint density at radius 2 is 1.23 bits per heavy atom. The van der Waals surface area contributed by atoms with Crippen LogP contribution < -0.4 is 26.0 Å². The Morgan fingerprint density at radius 3 is 1.80 bits per heavy atom. The average Bonchev–Trinajstić information content (AvgIpc) is 4.02. The molecule has 5 atom stereocenters. The number of carbonyl (C=O) groups is 7. The molecule has 3 aromatic carbocycles. The minimum Gasteiger partial charge on any atom is -0.426 e. The molecule has 356 valence electrons. The third-order valence-corrected chi connectivity index (χ3v) is 12.0. The quantitative estimate of drug-likeness (QED) is 0.0328. The maximum atomic E-state index is 14.5. The summed E-state index contributed by atoms with van der Waals surface area (Å²) in [5.41, 5.74) is 1.80. The third kappa shape index (κ3) is 15.4. The molecule has 2 saturated heterocycles. The largest absolute Gasteiger partial charge is 0.426 e. The molecule has 15 nitrogen and oxygen atoms in total. The number of nitrogens with one attached hydrogen (secondary N) is 4. The number of nitrogens with zero attached hydrogens (tertiary/aromatic N) is 1. The number of epoxide rings is 1. The highest BCUT2D eigenvalue weighted by Gasteiger charge is 2.50. The fraction of sp³-hybridized carbons (Fsp3) is 0.510. The van der Waals surface area contributed by atoms with Gasteiger partial charge in [0.15, 0.2) is 18.1 Å². The Balaban J connectivity index is 1.37. The van der Waals surface area contributed by atoms with Crippen LogP contribution in [0.5, 0.6) is 5.75 Å². The number of morpholine rings is 1. The van der Waals surface area contributed by atoms with Crippen LogP contribution >= 0.6 is 0 Å². The van der Waals surface area contributed by atoms with Gasteiger partial charge < -0.3 is 40.0 Å². The van der Waals surface area contributed by atoms with Gasteiger partial charge in [0.2, 0.25) is 17.7 Å². The van der Waals surface area contributed by atoms with Gasteiger partial charge in [-0.25, -0.2) is 0 Å². The predicted molar refractivity (Wildman–Crippen MR) is 248 cm³/mol. The first-order valence-electron chi connectivity index (χ1n) is 23.1. The number of aryl methyl sites for hydroxylation is 1. The number of rotatable bonds is 24. The van der Waals surface area contributed by atoms with Gasteiger partial charge in [-0.2, -0.15) is 0 Å². The van der Waals surface area contributed by atoms with E-state index in [-0.39, 0.29) is 77.5 Å². The number of quaternary nitrogens is 1. The van der Waals surface area contributed by atoms with E-state index in [9.17, 15) is 33.6 Å². The summed E-state index contributed by atoms with van der Waals surface area (Å²) in [6.45, 7) is 14.5. The van der Waals surface area contributed by atoms with E-state index >= 15 is 0 Å². The summed E-state index contributed by atoms with van der Waals surface area (Å²) in [6, 6.07) is 19.8. The van der Waals surface area contributed by atoms with E-state index in [0.29, 0.717) is 45.7 Å². The molecule has 0 aromatic heterocycles. The number of ether oxygens (including phenoxy) is 3. The second-order valence-electron chi connectivity index (χ2n) is 18.9. The standard InChI is InChI=1S/C51H67N5O10/c1-33(2)26-42(47(60)51(7)32-65-51)53-50(63)44(29-38-16-12-9-13-17-38)55-49(62)43(27-34(3)4)54-48(61)41(20-18-37-14-10-8-11-15-37)52-46(59)31-56(22-24-64-25-23-56)30-39-19-21-45(66-36(6)58)40(28-39)35(5)57/h8-17,19,21,28,33-34,41-44H,18,20,22-27,29-32H2,1-7H3,(H3-,52,53,54,55,59,61,62,63)/p+1/t41-,42-,43-,44-,51+/m0/s1. The van der Waals surface area contributed by atoms with Gasteiger partial charge in [-0.3, -0.25) is 33.6 Å². The summed E-state index contributed by atoms with van der Waals surface area (Å²) in [6.07, 6.45) is 1.43. The van der Waals surface area contributed by atoms with E-state index in [1.165, 1.54) is 13.8 Å². The average molecular weight is 911 g/mol. The van der Waals surface area contributed by atoms with E-state index < -0.39 is 53.5 Å². The monoisotopic (exact) mass is 910 g/mol. The van der Waals surface area contributed by atoms with Crippen LogP contribution in [0, 0.1) is 11.8 Å². The van der Waals surface area contributed by atoms with Gasteiger partial charge in [0, 0.05) is 18.9 Å². The van der Waals surface area contributed by atoms with Crippen molar-refractivity contribution in [2.24, 2.45) is 11.8 Å². The number of benzene rings is 3. The van der Waals surface area contributed by atoms with Crippen molar-refractivity contribution in [3.8, 4) is 5.75 Å². The van der Waals surface area contributed by atoms with Crippen LogP contribution in [0.2, 0.25) is 0 Å². The van der Waals surface area contributed by atoms with Gasteiger partial charge in [0.05, 0.1) is 31.4 Å². The van der Waals surface area contributed by atoms with Gasteiger partial charge in [-0.1, -0.05) is 88.4 Å². The van der Waals surface area contributed by atoms with Gasteiger partial charge >= 0.3 is 5.97 Å². The highest BCUT2D eigenvalue weighted by Crippen LogP contribution is 2.30. The summed E-state index contributed by atoms with van der Waals surface area (Å²) >= 11 is 0. The summed E-state index contributed by atoms with van der Waals surface area (Å²) in [4.78, 5) is 95.0. The number of amides is 4. The molecule has 0 radical (unpaired) electrons. The Bertz CT molecular complexity index is 2170. The van der Waals surface area contributed by atoms with Gasteiger partial charge in [-0.05, 0) is 80.7 Å². The fourth-order valence-corrected chi connectivity index (χ4v) is 8.35. The summed E-state index contributed by atoms with van der Waals surface area (Å²) < 4.78 is 16.7. The molecule has 2 heterocycles. The highest BCUT2D eigenvalue weighted by atomic mass is 16.6. The Hall–Kier alpha value is -5.77. The molecule has 3 aromatic rings. The maximum absolute atomic E-state index is 14.5. The lowest BCUT2D eigenvalue weighted by molar-refractivity contribution is -0.940. The topological polar surface area (TPSA) is 199 Å². The van der Waals surface area contributed by atoms with Crippen molar-refractivity contribution in [3.63, 3.8) is 0 Å². The molecular weight excluding hydrogens is 843 g/mol. The number of Topliss-reactive ketones (excluding diaryl/α,β-unsaturated/α-hetero) is 2. The van der Waals surface area contributed by atoms with E-state index in [1.807, 2.05) is 88.4 Å². The third-order valence-electron chi connectivity index (χ3n) is 12.0. The lowest BCUT2D eigenvalue weighted by Gasteiger charge is -2.41.